The number of nitrogens with one attached hydrogen (secondary N) is 2. The summed E-state index contributed by atoms with van der Waals surface area (Å²) in [5, 5.41) is 7.74. The molecule has 2 aromatic heterocycles. The number of carbonyl (C=O) groups is 1. The van der Waals surface area contributed by atoms with Crippen LogP contribution in [0.4, 0.5) is 0 Å². The molecule has 0 unspecified atom stereocenters. The molecule has 0 saturated heterocycles. The van der Waals surface area contributed by atoms with E-state index in [4.69, 9.17) is 0 Å². The molecule has 2 heterocycles. The molecular formula is C24H25N5O2. The fourth-order valence-electron chi connectivity index (χ4n) is 3.62. The third kappa shape index (κ3) is 4.71. The predicted octanol–water partition coefficient (Wildman–Crippen LogP) is 3.35. The molecule has 2 aromatic carbocycles. The maximum Gasteiger partial charge on any atom is 0.262 e. The van der Waals surface area contributed by atoms with Crippen molar-refractivity contribution in [2.75, 3.05) is 6.54 Å². The van der Waals surface area contributed by atoms with Crippen molar-refractivity contribution in [2.45, 2.75) is 32.1 Å². The molecule has 4 aromatic rings. The number of para-hydroxylation sites is 1. The number of aromatic amines is 1. The molecule has 0 fully saturated rings. The van der Waals surface area contributed by atoms with Gasteiger partial charge in [-0.2, -0.15) is 5.10 Å². The number of nitrogens with zero attached hydrogens (tertiary/aromatic N) is 3. The predicted molar refractivity (Wildman–Crippen MR) is 120 cm³/mol. The molecule has 2 N–H and O–H groups in total. The van der Waals surface area contributed by atoms with Gasteiger partial charge in [-0.1, -0.05) is 55.5 Å². The largest absolute Gasteiger partial charge is 0.355 e. The summed E-state index contributed by atoms with van der Waals surface area (Å²) >= 11 is 0. The first kappa shape index (κ1) is 20.5. The monoisotopic (exact) mass is 415 g/mol. The molecule has 1 atom stereocenters. The molecule has 0 aliphatic rings. The molecule has 4 rings (SSSR count). The lowest BCUT2D eigenvalue weighted by molar-refractivity contribution is -0.121. The van der Waals surface area contributed by atoms with E-state index in [2.05, 4.69) is 39.4 Å². The molecule has 0 aliphatic heterocycles. The van der Waals surface area contributed by atoms with E-state index in [-0.39, 0.29) is 23.8 Å². The molecule has 7 heteroatoms. The van der Waals surface area contributed by atoms with E-state index in [9.17, 15) is 9.59 Å². The molecule has 0 spiro atoms. The van der Waals surface area contributed by atoms with Crippen molar-refractivity contribution in [3.05, 3.63) is 88.6 Å². The third-order valence-corrected chi connectivity index (χ3v) is 5.39. The Morgan fingerprint density at radius 3 is 2.52 bits per heavy atom. The summed E-state index contributed by atoms with van der Waals surface area (Å²) in [6.07, 6.45) is 3.05. The minimum atomic E-state index is -0.252. The van der Waals surface area contributed by atoms with Gasteiger partial charge in [0.15, 0.2) is 5.65 Å². The quantitative estimate of drug-likeness (QED) is 0.462. The van der Waals surface area contributed by atoms with Crippen LogP contribution >= 0.6 is 0 Å². The molecule has 158 valence electrons. The van der Waals surface area contributed by atoms with Gasteiger partial charge in [0, 0.05) is 25.3 Å². The third-order valence-electron chi connectivity index (χ3n) is 5.39. The topological polar surface area (TPSA) is 92.7 Å². The maximum atomic E-state index is 12.5. The van der Waals surface area contributed by atoms with Crippen LogP contribution in [0, 0.1) is 0 Å². The van der Waals surface area contributed by atoms with Crippen molar-refractivity contribution in [1.82, 2.24) is 25.1 Å². The number of amides is 1. The summed E-state index contributed by atoms with van der Waals surface area (Å²) in [5.74, 6) is 0.689. The summed E-state index contributed by atoms with van der Waals surface area (Å²) in [4.78, 5) is 32.2. The average molecular weight is 415 g/mol. The number of carbonyl (C=O) groups excluding carboxylic acids is 1. The molecule has 31 heavy (non-hydrogen) atoms. The molecule has 7 nitrogen and oxygen atoms in total. The van der Waals surface area contributed by atoms with Gasteiger partial charge in [0.05, 0.1) is 11.9 Å². The van der Waals surface area contributed by atoms with E-state index in [1.54, 1.807) is 4.68 Å². The fraction of sp³-hybridized carbons (Fsp3) is 0.250. The normalized spacial score (nSPS) is 12.0. The molecular weight excluding hydrogens is 390 g/mol. The number of hydrogen-bond donors (Lipinski definition) is 2. The van der Waals surface area contributed by atoms with Crippen LogP contribution in [-0.4, -0.2) is 32.2 Å². The molecule has 0 aliphatic carbocycles. The molecule has 0 bridgehead atoms. The number of aromatic nitrogens is 4. The number of hydrogen-bond acceptors (Lipinski definition) is 4. The molecule has 0 saturated carbocycles. The van der Waals surface area contributed by atoms with Crippen LogP contribution in [0.3, 0.4) is 0 Å². The van der Waals surface area contributed by atoms with E-state index in [1.165, 1.54) is 11.8 Å². The maximum absolute atomic E-state index is 12.5. The highest BCUT2D eigenvalue weighted by Crippen LogP contribution is 2.18. The van der Waals surface area contributed by atoms with Gasteiger partial charge in [-0.15, -0.1) is 0 Å². The number of benzene rings is 2. The minimum Gasteiger partial charge on any atom is -0.355 e. The van der Waals surface area contributed by atoms with Crippen LogP contribution in [0.15, 0.2) is 71.7 Å². The van der Waals surface area contributed by atoms with Crippen molar-refractivity contribution >= 4 is 16.9 Å². The van der Waals surface area contributed by atoms with Crippen LogP contribution in [0.2, 0.25) is 0 Å². The zero-order valence-corrected chi connectivity index (χ0v) is 17.4. The average Bonchev–Trinajstić information content (AvgIpc) is 3.24. The molecule has 1 amide bonds. The summed E-state index contributed by atoms with van der Waals surface area (Å²) in [5.41, 5.74) is 2.28. The van der Waals surface area contributed by atoms with Crippen LogP contribution in [0.1, 0.15) is 37.1 Å². The standard InChI is InChI=1S/C24H25N5O2/c1-2-17(18-9-5-3-6-10-18)15-25-22(30)14-13-21-27-23-20(24(31)28-21)16-26-29(23)19-11-7-4-8-12-19/h3-12,16-17H,2,13-15H2,1H3,(H,25,30)(H,27,28,31)/t17-/m1/s1. The first-order valence-corrected chi connectivity index (χ1v) is 10.5. The van der Waals surface area contributed by atoms with E-state index in [0.717, 1.165) is 12.1 Å². The van der Waals surface area contributed by atoms with Crippen molar-refractivity contribution in [1.29, 1.82) is 0 Å². The number of fused-ring (bicyclic) bond motifs is 1. The highest BCUT2D eigenvalue weighted by atomic mass is 16.1. The van der Waals surface area contributed by atoms with Crippen LogP contribution in [-0.2, 0) is 11.2 Å². The van der Waals surface area contributed by atoms with Crippen molar-refractivity contribution in [2.24, 2.45) is 0 Å². The Labute approximate surface area is 180 Å². The van der Waals surface area contributed by atoms with Crippen LogP contribution < -0.4 is 10.9 Å². The van der Waals surface area contributed by atoms with Crippen LogP contribution in [0.5, 0.6) is 0 Å². The van der Waals surface area contributed by atoms with Crippen molar-refractivity contribution < 1.29 is 4.79 Å². The lowest BCUT2D eigenvalue weighted by Gasteiger charge is -2.16. The zero-order valence-electron chi connectivity index (χ0n) is 17.4. The second-order valence-electron chi connectivity index (χ2n) is 7.46. The SMILES string of the molecule is CC[C@H](CNC(=O)CCc1nc2c(cnn2-c2ccccc2)c(=O)[nH]1)c1ccccc1. The highest BCUT2D eigenvalue weighted by molar-refractivity contribution is 5.77. The lowest BCUT2D eigenvalue weighted by atomic mass is 9.96. The number of aryl methyl sites for hydroxylation is 1. The summed E-state index contributed by atoms with van der Waals surface area (Å²) in [7, 11) is 0. The second-order valence-corrected chi connectivity index (χ2v) is 7.46. The van der Waals surface area contributed by atoms with Gasteiger partial charge < -0.3 is 10.3 Å². The summed E-state index contributed by atoms with van der Waals surface area (Å²) in [6, 6.07) is 19.7. The van der Waals surface area contributed by atoms with Crippen molar-refractivity contribution in [3.8, 4) is 5.69 Å². The van der Waals surface area contributed by atoms with Gasteiger partial charge in [0.25, 0.3) is 5.56 Å². The second kappa shape index (κ2) is 9.38. The van der Waals surface area contributed by atoms with Gasteiger partial charge in [0.1, 0.15) is 11.2 Å². The Morgan fingerprint density at radius 2 is 1.81 bits per heavy atom. The van der Waals surface area contributed by atoms with Gasteiger partial charge in [-0.25, -0.2) is 9.67 Å². The number of rotatable bonds is 8. The first-order valence-electron chi connectivity index (χ1n) is 10.5. The summed E-state index contributed by atoms with van der Waals surface area (Å²) in [6.45, 7) is 2.70. The lowest BCUT2D eigenvalue weighted by Crippen LogP contribution is -2.28. The smallest absolute Gasteiger partial charge is 0.262 e. The summed E-state index contributed by atoms with van der Waals surface area (Å²) < 4.78 is 1.64. The van der Waals surface area contributed by atoms with E-state index in [1.807, 2.05) is 48.5 Å². The van der Waals surface area contributed by atoms with Crippen LogP contribution in [0.25, 0.3) is 16.7 Å². The highest BCUT2D eigenvalue weighted by Gasteiger charge is 2.14. The van der Waals surface area contributed by atoms with Gasteiger partial charge in [-0.3, -0.25) is 9.59 Å². The zero-order chi connectivity index (χ0) is 21.6. The fourth-order valence-corrected chi connectivity index (χ4v) is 3.62. The Kier molecular flexibility index (Phi) is 6.21. The first-order chi connectivity index (χ1) is 15.2. The van der Waals surface area contributed by atoms with E-state index in [0.29, 0.717) is 29.8 Å². The minimum absolute atomic E-state index is 0.0614. The van der Waals surface area contributed by atoms with E-state index < -0.39 is 0 Å². The van der Waals surface area contributed by atoms with Gasteiger partial charge >= 0.3 is 0 Å². The van der Waals surface area contributed by atoms with Gasteiger partial charge in [0.2, 0.25) is 5.91 Å². The Balaban J connectivity index is 1.43. The van der Waals surface area contributed by atoms with Crippen molar-refractivity contribution in [3.63, 3.8) is 0 Å². The Morgan fingerprint density at radius 1 is 1.10 bits per heavy atom. The Bertz CT molecular complexity index is 1220. The Hall–Kier alpha value is -3.74. The van der Waals surface area contributed by atoms with E-state index >= 15 is 0 Å². The van der Waals surface area contributed by atoms with Gasteiger partial charge in [-0.05, 0) is 24.1 Å². The number of H-pyrrole nitrogens is 1. The molecule has 0 radical (unpaired) electrons.